The molecule has 0 radical (unpaired) electrons. The lowest BCUT2D eigenvalue weighted by Gasteiger charge is -2.25. The lowest BCUT2D eigenvalue weighted by Crippen LogP contribution is -2.43. The van der Waals surface area contributed by atoms with Gasteiger partial charge < -0.3 is 10.1 Å². The second-order valence-electron chi connectivity index (χ2n) is 5.81. The van der Waals surface area contributed by atoms with Crippen molar-refractivity contribution in [3.63, 3.8) is 0 Å². The van der Waals surface area contributed by atoms with Crippen LogP contribution < -0.4 is 10.1 Å². The van der Waals surface area contributed by atoms with Crippen molar-refractivity contribution in [2.45, 2.75) is 18.9 Å². The average molecular weight is 342 g/mol. The molecule has 0 spiro atoms. The Morgan fingerprint density at radius 1 is 1.08 bits per heavy atom. The molecule has 2 aromatic carbocycles. The molecule has 0 aromatic heterocycles. The van der Waals surface area contributed by atoms with Crippen LogP contribution in [0.1, 0.15) is 18.9 Å². The molecule has 25 heavy (non-hydrogen) atoms. The fraction of sp³-hybridized carbons (Fsp3) is 0.263. The highest BCUT2D eigenvalue weighted by atomic mass is 19.1. The average Bonchev–Trinajstić information content (AvgIpc) is 2.89. The van der Waals surface area contributed by atoms with Crippen LogP contribution in [0.4, 0.5) is 9.18 Å². The molecule has 1 N–H and O–H groups in total. The topological polar surface area (TPSA) is 58.6 Å². The fourth-order valence-corrected chi connectivity index (χ4v) is 2.98. The molecule has 1 aliphatic heterocycles. The lowest BCUT2D eigenvalue weighted by molar-refractivity contribution is -0.132. The first-order valence-corrected chi connectivity index (χ1v) is 8.15. The van der Waals surface area contributed by atoms with Crippen LogP contribution in [0.5, 0.6) is 5.75 Å². The monoisotopic (exact) mass is 342 g/mol. The summed E-state index contributed by atoms with van der Waals surface area (Å²) in [5, 5.41) is 2.82. The van der Waals surface area contributed by atoms with Crippen LogP contribution in [0.3, 0.4) is 0 Å². The van der Waals surface area contributed by atoms with E-state index in [4.69, 9.17) is 4.74 Å². The van der Waals surface area contributed by atoms with Gasteiger partial charge in [0, 0.05) is 0 Å². The number of nitrogens with zero attached hydrogens (tertiary/aromatic N) is 1. The van der Waals surface area contributed by atoms with E-state index in [0.717, 1.165) is 5.56 Å². The number of hydrogen-bond donors (Lipinski definition) is 1. The zero-order valence-electron chi connectivity index (χ0n) is 13.9. The first-order valence-electron chi connectivity index (χ1n) is 8.15. The van der Waals surface area contributed by atoms with Gasteiger partial charge in [0.2, 0.25) is 0 Å². The normalized spacial score (nSPS) is 19.8. The van der Waals surface area contributed by atoms with Crippen molar-refractivity contribution >= 4 is 11.9 Å². The molecule has 3 amide bonds. The summed E-state index contributed by atoms with van der Waals surface area (Å²) in [6, 6.07) is 14.4. The Bertz CT molecular complexity index is 764. The number of rotatable bonds is 6. The Hall–Kier alpha value is -2.89. The van der Waals surface area contributed by atoms with Crippen molar-refractivity contribution in [1.82, 2.24) is 10.2 Å². The minimum absolute atomic E-state index is 0.122. The summed E-state index contributed by atoms with van der Waals surface area (Å²) >= 11 is 0. The van der Waals surface area contributed by atoms with Crippen molar-refractivity contribution in [2.24, 2.45) is 0 Å². The van der Waals surface area contributed by atoms with Crippen molar-refractivity contribution in [2.75, 3.05) is 13.2 Å². The van der Waals surface area contributed by atoms with E-state index < -0.39 is 11.6 Å². The highest BCUT2D eigenvalue weighted by Gasteiger charge is 2.50. The van der Waals surface area contributed by atoms with E-state index in [1.807, 2.05) is 37.3 Å². The lowest BCUT2D eigenvalue weighted by atomic mass is 9.87. The van der Waals surface area contributed by atoms with Crippen LogP contribution in [-0.4, -0.2) is 30.0 Å². The van der Waals surface area contributed by atoms with Gasteiger partial charge in [0.1, 0.15) is 23.7 Å². The third-order valence-electron chi connectivity index (χ3n) is 4.37. The van der Waals surface area contributed by atoms with E-state index in [2.05, 4.69) is 5.32 Å². The second-order valence-corrected chi connectivity index (χ2v) is 5.81. The summed E-state index contributed by atoms with van der Waals surface area (Å²) in [5.74, 6) is -0.149. The number of imide groups is 1. The van der Waals surface area contributed by atoms with E-state index in [-0.39, 0.29) is 24.9 Å². The second kappa shape index (κ2) is 6.93. The van der Waals surface area contributed by atoms with Crippen molar-refractivity contribution in [3.8, 4) is 5.75 Å². The van der Waals surface area contributed by atoms with Gasteiger partial charge in [0.25, 0.3) is 5.91 Å². The van der Waals surface area contributed by atoms with Gasteiger partial charge >= 0.3 is 6.03 Å². The molecular formula is C19H19FN2O3. The molecule has 5 nitrogen and oxygen atoms in total. The Balaban J connectivity index is 1.69. The number of ether oxygens (including phenoxy) is 1. The number of carbonyl (C=O) groups is 2. The molecule has 130 valence electrons. The van der Waals surface area contributed by atoms with Gasteiger partial charge in [-0.25, -0.2) is 9.18 Å². The molecule has 1 fully saturated rings. The summed E-state index contributed by atoms with van der Waals surface area (Å²) in [4.78, 5) is 26.4. The maximum atomic E-state index is 12.9. The highest BCUT2D eigenvalue weighted by Crippen LogP contribution is 2.32. The SMILES string of the molecule is CCC1(c2ccccc2)NC(=O)N(CCOc2ccc(F)cc2)C1=O. The fourth-order valence-electron chi connectivity index (χ4n) is 2.98. The molecular weight excluding hydrogens is 323 g/mol. The molecule has 1 saturated heterocycles. The van der Waals surface area contributed by atoms with Gasteiger partial charge in [0.05, 0.1) is 6.54 Å². The van der Waals surface area contributed by atoms with Gasteiger partial charge in [0.15, 0.2) is 0 Å². The highest BCUT2D eigenvalue weighted by molar-refractivity contribution is 6.07. The maximum absolute atomic E-state index is 12.9. The quantitative estimate of drug-likeness (QED) is 0.821. The maximum Gasteiger partial charge on any atom is 0.325 e. The van der Waals surface area contributed by atoms with Crippen LogP contribution in [0, 0.1) is 5.82 Å². The summed E-state index contributed by atoms with van der Waals surface area (Å²) in [7, 11) is 0. The summed E-state index contributed by atoms with van der Waals surface area (Å²) < 4.78 is 18.4. The minimum Gasteiger partial charge on any atom is -0.492 e. The molecule has 3 rings (SSSR count). The summed E-state index contributed by atoms with van der Waals surface area (Å²) in [5.41, 5.74) is -0.272. The smallest absolute Gasteiger partial charge is 0.325 e. The molecule has 1 unspecified atom stereocenters. The van der Waals surface area contributed by atoms with Gasteiger partial charge in [-0.15, -0.1) is 0 Å². The van der Waals surface area contributed by atoms with Crippen LogP contribution >= 0.6 is 0 Å². The Morgan fingerprint density at radius 2 is 1.76 bits per heavy atom. The summed E-state index contributed by atoms with van der Waals surface area (Å²) in [6.07, 6.45) is 0.455. The zero-order chi connectivity index (χ0) is 17.9. The Kier molecular flexibility index (Phi) is 4.70. The predicted molar refractivity (Wildman–Crippen MR) is 90.6 cm³/mol. The zero-order valence-corrected chi connectivity index (χ0v) is 13.9. The largest absolute Gasteiger partial charge is 0.492 e. The van der Waals surface area contributed by atoms with Crippen LogP contribution in [-0.2, 0) is 10.3 Å². The first-order chi connectivity index (χ1) is 12.1. The standard InChI is InChI=1S/C19H19FN2O3/c1-2-19(14-6-4-3-5-7-14)17(23)22(18(24)21-19)12-13-25-16-10-8-15(20)9-11-16/h3-11H,2,12-13H2,1H3,(H,21,24). The van der Waals surface area contributed by atoms with Crippen molar-refractivity contribution in [3.05, 3.63) is 66.0 Å². The number of amides is 3. The van der Waals surface area contributed by atoms with E-state index >= 15 is 0 Å². The van der Waals surface area contributed by atoms with Crippen molar-refractivity contribution in [1.29, 1.82) is 0 Å². The number of urea groups is 1. The number of hydrogen-bond acceptors (Lipinski definition) is 3. The van der Waals surface area contributed by atoms with Crippen LogP contribution in [0.2, 0.25) is 0 Å². The molecule has 2 aromatic rings. The van der Waals surface area contributed by atoms with Crippen LogP contribution in [0.15, 0.2) is 54.6 Å². The summed E-state index contributed by atoms with van der Waals surface area (Å²) in [6.45, 7) is 2.12. The van der Waals surface area contributed by atoms with Crippen molar-refractivity contribution < 1.29 is 18.7 Å². The van der Waals surface area contributed by atoms with E-state index in [0.29, 0.717) is 12.2 Å². The Morgan fingerprint density at radius 3 is 2.40 bits per heavy atom. The molecule has 0 saturated carbocycles. The molecule has 1 aliphatic rings. The molecule has 1 heterocycles. The number of nitrogens with one attached hydrogen (secondary N) is 1. The number of carbonyl (C=O) groups excluding carboxylic acids is 2. The number of halogens is 1. The van der Waals surface area contributed by atoms with E-state index in [9.17, 15) is 14.0 Å². The minimum atomic E-state index is -1.03. The van der Waals surface area contributed by atoms with Gasteiger partial charge in [-0.2, -0.15) is 0 Å². The van der Waals surface area contributed by atoms with Gasteiger partial charge in [-0.3, -0.25) is 9.69 Å². The molecule has 0 bridgehead atoms. The Labute approximate surface area is 145 Å². The third-order valence-corrected chi connectivity index (χ3v) is 4.37. The molecule has 6 heteroatoms. The predicted octanol–water partition coefficient (Wildman–Crippen LogP) is 3.06. The molecule has 1 atom stereocenters. The van der Waals surface area contributed by atoms with Gasteiger partial charge in [-0.05, 0) is 36.2 Å². The van der Waals surface area contributed by atoms with E-state index in [1.165, 1.54) is 29.2 Å². The first kappa shape index (κ1) is 17.0. The third kappa shape index (κ3) is 3.20. The number of benzene rings is 2. The van der Waals surface area contributed by atoms with E-state index in [1.54, 1.807) is 0 Å². The van der Waals surface area contributed by atoms with Gasteiger partial charge in [-0.1, -0.05) is 37.3 Å². The molecule has 0 aliphatic carbocycles. The van der Waals surface area contributed by atoms with Crippen LogP contribution in [0.25, 0.3) is 0 Å².